The smallest absolute Gasteiger partial charge is 0.267 e. The molecule has 0 saturated carbocycles. The maximum Gasteiger partial charge on any atom is 0.267 e. The Kier molecular flexibility index (Phi) is 4.43. The Morgan fingerprint density at radius 2 is 1.86 bits per heavy atom. The van der Waals surface area contributed by atoms with Crippen LogP contribution in [0.5, 0.6) is 0 Å². The topological polar surface area (TPSA) is 78.2 Å². The number of nitrogens with two attached hydrogens (primary N) is 1. The Labute approximate surface area is 161 Å². The highest BCUT2D eigenvalue weighted by Gasteiger charge is 2.19. The van der Waals surface area contributed by atoms with Crippen LogP contribution in [-0.4, -0.2) is 24.8 Å². The van der Waals surface area contributed by atoms with Crippen LogP contribution >= 0.6 is 0 Å². The molecular formula is C21H20FN5O. The van der Waals surface area contributed by atoms with E-state index in [2.05, 4.69) is 28.4 Å². The van der Waals surface area contributed by atoms with Gasteiger partial charge in [-0.15, -0.1) is 0 Å². The minimum atomic E-state index is -0.543. The summed E-state index contributed by atoms with van der Waals surface area (Å²) in [6.45, 7) is 4.22. The Morgan fingerprint density at radius 3 is 2.54 bits per heavy atom. The van der Waals surface area contributed by atoms with Crippen molar-refractivity contribution in [2.24, 2.45) is 5.73 Å². The van der Waals surface area contributed by atoms with Gasteiger partial charge in [-0.3, -0.25) is 9.20 Å². The lowest BCUT2D eigenvalue weighted by atomic mass is 10.0. The lowest BCUT2D eigenvalue weighted by molar-refractivity contribution is 0.0995. The van der Waals surface area contributed by atoms with Gasteiger partial charge in [0.15, 0.2) is 0 Å². The summed E-state index contributed by atoms with van der Waals surface area (Å²) in [5.74, 6) is -0.837. The maximum absolute atomic E-state index is 13.4. The highest BCUT2D eigenvalue weighted by atomic mass is 19.1. The number of hydrogen-bond donors (Lipinski definition) is 1. The number of amides is 1. The Hall–Kier alpha value is -3.48. The van der Waals surface area contributed by atoms with E-state index in [4.69, 9.17) is 5.73 Å². The summed E-state index contributed by atoms with van der Waals surface area (Å²) in [7, 11) is 0. The molecule has 0 fully saturated rings. The van der Waals surface area contributed by atoms with Crippen LogP contribution in [0.2, 0.25) is 0 Å². The lowest BCUT2D eigenvalue weighted by Crippen LogP contribution is -2.13. The van der Waals surface area contributed by atoms with Crippen LogP contribution in [0.15, 0.2) is 55.1 Å². The highest BCUT2D eigenvalue weighted by molar-refractivity contribution is 5.92. The average molecular weight is 377 g/mol. The van der Waals surface area contributed by atoms with Crippen LogP contribution < -0.4 is 5.73 Å². The van der Waals surface area contributed by atoms with E-state index < -0.39 is 5.91 Å². The average Bonchev–Trinajstić information content (AvgIpc) is 3.31. The van der Waals surface area contributed by atoms with Crippen LogP contribution in [0.25, 0.3) is 28.2 Å². The van der Waals surface area contributed by atoms with Crippen LogP contribution in [0, 0.1) is 5.82 Å². The number of carbonyl (C=O) groups is 1. The Balaban J connectivity index is 1.96. The van der Waals surface area contributed by atoms with E-state index >= 15 is 0 Å². The molecule has 3 heterocycles. The highest BCUT2D eigenvalue weighted by Crippen LogP contribution is 2.34. The van der Waals surface area contributed by atoms with Gasteiger partial charge >= 0.3 is 0 Å². The monoisotopic (exact) mass is 377 g/mol. The second-order valence-corrected chi connectivity index (χ2v) is 6.77. The predicted molar refractivity (Wildman–Crippen MR) is 105 cm³/mol. The van der Waals surface area contributed by atoms with E-state index in [1.807, 2.05) is 18.3 Å². The number of aromatic nitrogens is 4. The number of pyridine rings is 1. The number of halogens is 1. The van der Waals surface area contributed by atoms with Gasteiger partial charge in [-0.1, -0.05) is 6.92 Å². The molecule has 7 heteroatoms. The van der Waals surface area contributed by atoms with Crippen molar-refractivity contribution in [1.29, 1.82) is 0 Å². The molecule has 142 valence electrons. The van der Waals surface area contributed by atoms with Crippen molar-refractivity contribution < 1.29 is 9.18 Å². The van der Waals surface area contributed by atoms with Gasteiger partial charge in [-0.25, -0.2) is 14.4 Å². The summed E-state index contributed by atoms with van der Waals surface area (Å²) in [4.78, 5) is 20.6. The Morgan fingerprint density at radius 1 is 1.14 bits per heavy atom. The van der Waals surface area contributed by atoms with E-state index in [0.717, 1.165) is 28.9 Å². The molecule has 1 aromatic carbocycles. The van der Waals surface area contributed by atoms with Crippen molar-refractivity contribution in [2.45, 2.75) is 26.3 Å². The maximum atomic E-state index is 13.4. The van der Waals surface area contributed by atoms with Crippen molar-refractivity contribution in [3.8, 4) is 22.5 Å². The molecule has 1 atom stereocenters. The van der Waals surface area contributed by atoms with E-state index in [1.54, 1.807) is 22.9 Å². The molecule has 6 nitrogen and oxygen atoms in total. The molecule has 28 heavy (non-hydrogen) atoms. The normalized spacial score (nSPS) is 12.4. The fourth-order valence-electron chi connectivity index (χ4n) is 3.30. The molecule has 0 aliphatic carbocycles. The number of fused-ring (bicyclic) bond motifs is 1. The molecule has 0 aliphatic rings. The third-order valence-corrected chi connectivity index (χ3v) is 5.01. The van der Waals surface area contributed by atoms with Crippen LogP contribution in [0.3, 0.4) is 0 Å². The molecule has 4 rings (SSSR count). The zero-order valence-electron chi connectivity index (χ0n) is 15.6. The third-order valence-electron chi connectivity index (χ3n) is 5.01. The number of nitrogens with zero attached hydrogens (tertiary/aromatic N) is 4. The first-order valence-corrected chi connectivity index (χ1v) is 9.09. The molecule has 4 aromatic rings. The summed E-state index contributed by atoms with van der Waals surface area (Å²) in [5.41, 5.74) is 9.75. The standard InChI is InChI=1S/C21H20FN5O/c1-3-13(2)27-12-25-19(14-4-7-16(22)8-5-14)20(27)15-6-9-18-24-10-17(21(23)28)26(18)11-15/h4-13H,3H2,1-2H3,(H2,23,28). The van der Waals surface area contributed by atoms with Gasteiger partial charge in [-0.05, 0) is 49.7 Å². The summed E-state index contributed by atoms with van der Waals surface area (Å²) in [6.07, 6.45) is 6.03. The van der Waals surface area contributed by atoms with Crippen molar-refractivity contribution in [3.05, 3.63) is 66.6 Å². The molecule has 1 amide bonds. The van der Waals surface area contributed by atoms with E-state index in [0.29, 0.717) is 11.3 Å². The third kappa shape index (κ3) is 2.94. The van der Waals surface area contributed by atoms with Gasteiger partial charge in [0.2, 0.25) is 0 Å². The first-order chi connectivity index (χ1) is 13.5. The quantitative estimate of drug-likeness (QED) is 0.569. The summed E-state index contributed by atoms with van der Waals surface area (Å²) < 4.78 is 17.2. The predicted octanol–water partition coefficient (Wildman–Crippen LogP) is 4.07. The number of primary amides is 1. The van der Waals surface area contributed by atoms with Gasteiger partial charge in [-0.2, -0.15) is 0 Å². The summed E-state index contributed by atoms with van der Waals surface area (Å²) in [6, 6.07) is 10.3. The minimum Gasteiger partial charge on any atom is -0.364 e. The molecule has 1 unspecified atom stereocenters. The van der Waals surface area contributed by atoms with E-state index in [9.17, 15) is 9.18 Å². The van der Waals surface area contributed by atoms with Gasteiger partial charge < -0.3 is 10.3 Å². The van der Waals surface area contributed by atoms with Crippen molar-refractivity contribution in [3.63, 3.8) is 0 Å². The van der Waals surface area contributed by atoms with Crippen LogP contribution in [-0.2, 0) is 0 Å². The SMILES string of the molecule is CCC(C)n1cnc(-c2ccc(F)cc2)c1-c1ccc2ncc(C(N)=O)n2c1. The fraction of sp³-hybridized carbons (Fsp3) is 0.190. The molecule has 0 aliphatic heterocycles. The van der Waals surface area contributed by atoms with Crippen molar-refractivity contribution in [1.82, 2.24) is 18.9 Å². The second kappa shape index (κ2) is 6.92. The zero-order valence-corrected chi connectivity index (χ0v) is 15.6. The molecule has 0 saturated heterocycles. The summed E-state index contributed by atoms with van der Waals surface area (Å²) in [5, 5.41) is 0. The molecule has 0 bridgehead atoms. The summed E-state index contributed by atoms with van der Waals surface area (Å²) >= 11 is 0. The molecule has 3 aromatic heterocycles. The molecule has 2 N–H and O–H groups in total. The number of hydrogen-bond acceptors (Lipinski definition) is 3. The van der Waals surface area contributed by atoms with E-state index in [1.165, 1.54) is 18.3 Å². The van der Waals surface area contributed by atoms with Crippen LogP contribution in [0.1, 0.15) is 36.8 Å². The van der Waals surface area contributed by atoms with Crippen molar-refractivity contribution in [2.75, 3.05) is 0 Å². The van der Waals surface area contributed by atoms with E-state index in [-0.39, 0.29) is 11.9 Å². The first kappa shape index (κ1) is 17.9. The number of benzene rings is 1. The number of rotatable bonds is 5. The lowest BCUT2D eigenvalue weighted by Gasteiger charge is -2.16. The van der Waals surface area contributed by atoms with Crippen LogP contribution in [0.4, 0.5) is 4.39 Å². The zero-order chi connectivity index (χ0) is 19.8. The first-order valence-electron chi connectivity index (χ1n) is 9.09. The fourth-order valence-corrected chi connectivity index (χ4v) is 3.30. The minimum absolute atomic E-state index is 0.214. The number of imidazole rings is 2. The van der Waals surface area contributed by atoms with Gasteiger partial charge in [0.1, 0.15) is 17.2 Å². The second-order valence-electron chi connectivity index (χ2n) is 6.77. The van der Waals surface area contributed by atoms with Crippen molar-refractivity contribution >= 4 is 11.6 Å². The van der Waals surface area contributed by atoms with Gasteiger partial charge in [0.05, 0.1) is 23.9 Å². The molecule has 0 radical (unpaired) electrons. The largest absolute Gasteiger partial charge is 0.364 e. The molecule has 0 spiro atoms. The van der Waals surface area contributed by atoms with Gasteiger partial charge in [0.25, 0.3) is 5.91 Å². The number of carbonyl (C=O) groups excluding carboxylic acids is 1. The van der Waals surface area contributed by atoms with Gasteiger partial charge in [0, 0.05) is 23.4 Å². The molecular weight excluding hydrogens is 357 g/mol. The Bertz CT molecular complexity index is 1160.